The number of rotatable bonds is 6. The summed E-state index contributed by atoms with van der Waals surface area (Å²) in [5.74, 6) is 0.463. The van der Waals surface area contributed by atoms with Gasteiger partial charge in [-0.3, -0.25) is 0 Å². The molecule has 1 saturated carbocycles. The van der Waals surface area contributed by atoms with Gasteiger partial charge in [-0.05, 0) is 43.5 Å². The van der Waals surface area contributed by atoms with E-state index in [1.165, 1.54) is 6.07 Å². The SMILES string of the molecule is CNCc1cc(Cl)cc(S(=O)(=O)NCC2CC2)c1Cl. The molecule has 0 amide bonds. The summed E-state index contributed by atoms with van der Waals surface area (Å²) in [7, 11) is -1.84. The molecule has 0 aliphatic heterocycles. The summed E-state index contributed by atoms with van der Waals surface area (Å²) in [4.78, 5) is 0.0487. The van der Waals surface area contributed by atoms with E-state index in [9.17, 15) is 8.42 Å². The number of sulfonamides is 1. The molecular weight excluding hydrogens is 307 g/mol. The minimum absolute atomic E-state index is 0.0487. The second-order valence-corrected chi connectivity index (χ2v) is 7.25. The second-order valence-electron chi connectivity index (χ2n) is 4.70. The Balaban J connectivity index is 2.31. The average Bonchev–Trinajstić information content (AvgIpc) is 3.15. The Labute approximate surface area is 123 Å². The quantitative estimate of drug-likeness (QED) is 0.845. The predicted molar refractivity (Wildman–Crippen MR) is 77.1 cm³/mol. The van der Waals surface area contributed by atoms with Gasteiger partial charge in [-0.2, -0.15) is 0 Å². The van der Waals surface area contributed by atoms with Crippen LogP contribution in [-0.2, 0) is 16.6 Å². The molecule has 0 bridgehead atoms. The van der Waals surface area contributed by atoms with Crippen molar-refractivity contribution < 1.29 is 8.42 Å². The van der Waals surface area contributed by atoms with Crippen LogP contribution in [-0.4, -0.2) is 22.0 Å². The number of benzene rings is 1. The van der Waals surface area contributed by atoms with Crippen molar-refractivity contribution in [2.45, 2.75) is 24.3 Å². The predicted octanol–water partition coefficient (Wildman–Crippen LogP) is 2.40. The van der Waals surface area contributed by atoms with E-state index in [1.807, 2.05) is 0 Å². The molecule has 1 aromatic carbocycles. The normalized spacial score (nSPS) is 15.7. The molecule has 0 heterocycles. The van der Waals surface area contributed by atoms with Gasteiger partial charge >= 0.3 is 0 Å². The smallest absolute Gasteiger partial charge is 0.242 e. The van der Waals surface area contributed by atoms with E-state index in [2.05, 4.69) is 10.0 Å². The van der Waals surface area contributed by atoms with Gasteiger partial charge in [0.2, 0.25) is 10.0 Å². The zero-order valence-corrected chi connectivity index (χ0v) is 12.9. The Bertz CT molecular complexity index is 571. The minimum Gasteiger partial charge on any atom is -0.316 e. The maximum absolute atomic E-state index is 12.2. The van der Waals surface area contributed by atoms with Gasteiger partial charge in [0.05, 0.1) is 5.02 Å². The number of nitrogens with one attached hydrogen (secondary N) is 2. The molecule has 0 atom stereocenters. The molecule has 1 fully saturated rings. The highest BCUT2D eigenvalue weighted by Gasteiger charge is 2.26. The summed E-state index contributed by atoms with van der Waals surface area (Å²) in [5, 5.41) is 3.52. The lowest BCUT2D eigenvalue weighted by Crippen LogP contribution is -2.26. The van der Waals surface area contributed by atoms with Gasteiger partial charge in [-0.1, -0.05) is 23.2 Å². The third-order valence-corrected chi connectivity index (χ3v) is 5.22. The van der Waals surface area contributed by atoms with Crippen LogP contribution in [0.5, 0.6) is 0 Å². The van der Waals surface area contributed by atoms with Crippen molar-refractivity contribution in [1.29, 1.82) is 0 Å². The van der Waals surface area contributed by atoms with Gasteiger partial charge in [0.1, 0.15) is 4.90 Å². The van der Waals surface area contributed by atoms with Crippen LogP contribution in [0.1, 0.15) is 18.4 Å². The minimum atomic E-state index is -3.60. The monoisotopic (exact) mass is 322 g/mol. The fourth-order valence-corrected chi connectivity index (χ4v) is 3.81. The molecule has 0 aromatic heterocycles. The lowest BCUT2D eigenvalue weighted by Gasteiger charge is -2.12. The molecule has 106 valence electrons. The first-order valence-electron chi connectivity index (χ1n) is 6.06. The van der Waals surface area contributed by atoms with E-state index in [1.54, 1.807) is 13.1 Å². The summed E-state index contributed by atoms with van der Waals surface area (Å²) in [6, 6.07) is 3.05. The molecular formula is C12H16Cl2N2O2S. The lowest BCUT2D eigenvalue weighted by atomic mass is 10.2. The Kier molecular flexibility index (Phi) is 4.74. The fourth-order valence-electron chi connectivity index (χ4n) is 1.76. The highest BCUT2D eigenvalue weighted by molar-refractivity contribution is 7.89. The van der Waals surface area contributed by atoms with E-state index in [0.29, 0.717) is 29.6 Å². The van der Waals surface area contributed by atoms with Gasteiger partial charge in [0.25, 0.3) is 0 Å². The van der Waals surface area contributed by atoms with Crippen molar-refractivity contribution in [2.24, 2.45) is 5.92 Å². The summed E-state index contributed by atoms with van der Waals surface area (Å²) >= 11 is 12.1. The zero-order valence-electron chi connectivity index (χ0n) is 10.5. The van der Waals surface area contributed by atoms with Gasteiger partial charge in [-0.25, -0.2) is 13.1 Å². The first kappa shape index (κ1) is 15.1. The molecule has 7 heteroatoms. The van der Waals surface area contributed by atoms with E-state index in [0.717, 1.165) is 12.8 Å². The van der Waals surface area contributed by atoms with Gasteiger partial charge in [0, 0.05) is 18.1 Å². The third kappa shape index (κ3) is 3.83. The lowest BCUT2D eigenvalue weighted by molar-refractivity contribution is 0.577. The first-order valence-corrected chi connectivity index (χ1v) is 8.30. The van der Waals surface area contributed by atoms with E-state index in [4.69, 9.17) is 23.2 Å². The van der Waals surface area contributed by atoms with Crippen molar-refractivity contribution >= 4 is 33.2 Å². The van der Waals surface area contributed by atoms with Crippen LogP contribution in [0.25, 0.3) is 0 Å². The van der Waals surface area contributed by atoms with E-state index >= 15 is 0 Å². The summed E-state index contributed by atoms with van der Waals surface area (Å²) in [6.07, 6.45) is 2.16. The molecule has 0 radical (unpaired) electrons. The van der Waals surface area contributed by atoms with Crippen LogP contribution < -0.4 is 10.0 Å². The topological polar surface area (TPSA) is 58.2 Å². The maximum atomic E-state index is 12.2. The first-order chi connectivity index (χ1) is 8.94. The van der Waals surface area contributed by atoms with Gasteiger partial charge in [-0.15, -0.1) is 0 Å². The van der Waals surface area contributed by atoms with Gasteiger partial charge < -0.3 is 5.32 Å². The molecule has 2 N–H and O–H groups in total. The Hall–Kier alpha value is -0.330. The largest absolute Gasteiger partial charge is 0.316 e. The zero-order chi connectivity index (χ0) is 14.0. The Morgan fingerprint density at radius 2 is 2.00 bits per heavy atom. The molecule has 0 spiro atoms. The van der Waals surface area contributed by atoms with Crippen LogP contribution in [0, 0.1) is 5.92 Å². The van der Waals surface area contributed by atoms with E-state index < -0.39 is 10.0 Å². The molecule has 0 saturated heterocycles. The molecule has 4 nitrogen and oxygen atoms in total. The molecule has 19 heavy (non-hydrogen) atoms. The van der Waals surface area contributed by atoms with Crippen molar-refractivity contribution in [1.82, 2.24) is 10.0 Å². The van der Waals surface area contributed by atoms with Crippen molar-refractivity contribution in [3.8, 4) is 0 Å². The Morgan fingerprint density at radius 1 is 1.32 bits per heavy atom. The van der Waals surface area contributed by atoms with Crippen LogP contribution in [0.2, 0.25) is 10.0 Å². The van der Waals surface area contributed by atoms with Crippen LogP contribution in [0.3, 0.4) is 0 Å². The summed E-state index contributed by atoms with van der Waals surface area (Å²) in [6.45, 7) is 0.928. The average molecular weight is 323 g/mol. The Morgan fingerprint density at radius 3 is 2.58 bits per heavy atom. The van der Waals surface area contributed by atoms with Crippen molar-refractivity contribution in [2.75, 3.05) is 13.6 Å². The second kappa shape index (κ2) is 5.97. The molecule has 2 rings (SSSR count). The number of halogens is 2. The molecule has 1 aliphatic carbocycles. The molecule has 1 aromatic rings. The van der Waals surface area contributed by atoms with Gasteiger partial charge in [0.15, 0.2) is 0 Å². The summed E-state index contributed by atoms with van der Waals surface area (Å²) in [5.41, 5.74) is 0.670. The van der Waals surface area contributed by atoms with Crippen LogP contribution in [0.4, 0.5) is 0 Å². The van der Waals surface area contributed by atoms with Crippen molar-refractivity contribution in [3.63, 3.8) is 0 Å². The molecule has 0 unspecified atom stereocenters. The maximum Gasteiger partial charge on any atom is 0.242 e. The number of hydrogen-bond acceptors (Lipinski definition) is 3. The van der Waals surface area contributed by atoms with Crippen LogP contribution in [0.15, 0.2) is 17.0 Å². The standard InChI is InChI=1S/C12H16Cl2N2O2S/c1-15-7-9-4-10(13)5-11(12(9)14)19(17,18)16-6-8-2-3-8/h4-5,8,15-16H,2-3,6-7H2,1H3. The highest BCUT2D eigenvalue weighted by atomic mass is 35.5. The third-order valence-electron chi connectivity index (χ3n) is 3.00. The summed E-state index contributed by atoms with van der Waals surface area (Å²) < 4.78 is 27.0. The molecule has 1 aliphatic rings. The fraction of sp³-hybridized carbons (Fsp3) is 0.500. The number of hydrogen-bond donors (Lipinski definition) is 2. The van der Waals surface area contributed by atoms with Crippen LogP contribution >= 0.6 is 23.2 Å². The highest BCUT2D eigenvalue weighted by Crippen LogP contribution is 2.31. The van der Waals surface area contributed by atoms with E-state index in [-0.39, 0.29) is 9.92 Å². The van der Waals surface area contributed by atoms with Crippen molar-refractivity contribution in [3.05, 3.63) is 27.7 Å².